The van der Waals surface area contributed by atoms with Gasteiger partial charge in [-0.2, -0.15) is 0 Å². The standard InChI is InChI=1S/C28H35N3O4/c1-10-31(26(33)21(6)29-27(34)35-28(7,8)9)24(22-17(2)13-11-14-18(22)3)25(32)30-23-19(4)15-12-16-20(23)5/h1,11-16,21,24H,2-9H3,(H,29,34)(H,30,32). The maximum Gasteiger partial charge on any atom is 0.408 e. The molecule has 186 valence electrons. The first kappa shape index (κ1) is 27.5. The maximum atomic E-state index is 13.7. The highest BCUT2D eigenvalue weighted by Crippen LogP contribution is 2.30. The maximum absolute atomic E-state index is 13.7. The molecule has 2 unspecified atom stereocenters. The predicted molar refractivity (Wildman–Crippen MR) is 138 cm³/mol. The van der Waals surface area contributed by atoms with E-state index in [0.717, 1.165) is 27.2 Å². The Morgan fingerprint density at radius 3 is 1.89 bits per heavy atom. The summed E-state index contributed by atoms with van der Waals surface area (Å²) in [6.07, 6.45) is 5.05. The molecule has 3 amide bonds. The number of amides is 3. The van der Waals surface area contributed by atoms with Crippen molar-refractivity contribution in [3.63, 3.8) is 0 Å². The Labute approximate surface area is 208 Å². The average molecular weight is 478 g/mol. The summed E-state index contributed by atoms with van der Waals surface area (Å²) in [6, 6.07) is 11.5. The number of rotatable bonds is 6. The van der Waals surface area contributed by atoms with E-state index in [9.17, 15) is 14.4 Å². The molecular formula is C28H35N3O4. The van der Waals surface area contributed by atoms with Gasteiger partial charge in [-0.05, 0) is 83.2 Å². The molecule has 2 N–H and O–H groups in total. The second-order valence-electron chi connectivity index (χ2n) is 9.67. The molecule has 2 aromatic rings. The van der Waals surface area contributed by atoms with Crippen LogP contribution in [0, 0.1) is 40.2 Å². The van der Waals surface area contributed by atoms with Crippen LogP contribution in [0.2, 0.25) is 0 Å². The zero-order chi connectivity index (χ0) is 26.5. The van der Waals surface area contributed by atoms with Crippen LogP contribution in [0.5, 0.6) is 0 Å². The Balaban J connectivity index is 2.48. The van der Waals surface area contributed by atoms with Crippen molar-refractivity contribution in [2.75, 3.05) is 5.32 Å². The van der Waals surface area contributed by atoms with E-state index in [2.05, 4.69) is 16.7 Å². The van der Waals surface area contributed by atoms with Crippen molar-refractivity contribution in [1.29, 1.82) is 0 Å². The average Bonchev–Trinajstić information content (AvgIpc) is 2.73. The summed E-state index contributed by atoms with van der Waals surface area (Å²) in [7, 11) is 0. The molecule has 0 aromatic heterocycles. The number of nitrogens with one attached hydrogen (secondary N) is 2. The number of carbonyl (C=O) groups excluding carboxylic acids is 3. The SMILES string of the molecule is C#CN(C(=O)C(C)NC(=O)OC(C)(C)C)C(C(=O)Nc1c(C)cccc1C)c1c(C)cccc1C. The minimum Gasteiger partial charge on any atom is -0.444 e. The molecule has 0 fully saturated rings. The van der Waals surface area contributed by atoms with Gasteiger partial charge < -0.3 is 15.4 Å². The van der Waals surface area contributed by atoms with Crippen LogP contribution in [0.15, 0.2) is 36.4 Å². The molecule has 0 aliphatic heterocycles. The number of terminal acetylenes is 1. The third-order valence-corrected chi connectivity index (χ3v) is 5.53. The Bertz CT molecular complexity index is 1120. The lowest BCUT2D eigenvalue weighted by atomic mass is 9.93. The van der Waals surface area contributed by atoms with Crippen LogP contribution in [0.4, 0.5) is 10.5 Å². The highest BCUT2D eigenvalue weighted by atomic mass is 16.6. The van der Waals surface area contributed by atoms with Crippen LogP contribution in [-0.4, -0.2) is 34.5 Å². The van der Waals surface area contributed by atoms with Crippen molar-refractivity contribution in [1.82, 2.24) is 10.2 Å². The van der Waals surface area contributed by atoms with E-state index in [-0.39, 0.29) is 0 Å². The molecule has 0 spiro atoms. The fraction of sp³-hybridized carbons (Fsp3) is 0.393. The fourth-order valence-electron chi connectivity index (χ4n) is 3.86. The first-order valence-electron chi connectivity index (χ1n) is 11.5. The van der Waals surface area contributed by atoms with Gasteiger partial charge in [0, 0.05) is 11.7 Å². The van der Waals surface area contributed by atoms with Crippen molar-refractivity contribution in [2.45, 2.75) is 73.1 Å². The Morgan fingerprint density at radius 2 is 1.43 bits per heavy atom. The predicted octanol–water partition coefficient (Wildman–Crippen LogP) is 4.93. The van der Waals surface area contributed by atoms with E-state index < -0.39 is 35.6 Å². The fourth-order valence-corrected chi connectivity index (χ4v) is 3.86. The molecule has 0 saturated heterocycles. The monoisotopic (exact) mass is 477 g/mol. The summed E-state index contributed by atoms with van der Waals surface area (Å²) in [5.41, 5.74) is 3.96. The quantitative estimate of drug-likeness (QED) is 0.456. The van der Waals surface area contributed by atoms with Crippen molar-refractivity contribution in [3.05, 3.63) is 64.2 Å². The van der Waals surface area contributed by atoms with Gasteiger partial charge in [0.25, 0.3) is 11.8 Å². The van der Waals surface area contributed by atoms with Gasteiger partial charge in [0.2, 0.25) is 0 Å². The molecule has 0 saturated carbocycles. The molecule has 0 heterocycles. The summed E-state index contributed by atoms with van der Waals surface area (Å²) in [6.45, 7) is 14.2. The van der Waals surface area contributed by atoms with E-state index in [0.29, 0.717) is 11.3 Å². The van der Waals surface area contributed by atoms with E-state index >= 15 is 0 Å². The third kappa shape index (κ3) is 6.86. The first-order valence-corrected chi connectivity index (χ1v) is 11.5. The molecular weight excluding hydrogens is 442 g/mol. The van der Waals surface area contributed by atoms with E-state index in [4.69, 9.17) is 11.2 Å². The zero-order valence-corrected chi connectivity index (χ0v) is 21.8. The number of alkyl carbamates (subject to hydrolysis) is 1. The van der Waals surface area contributed by atoms with Crippen LogP contribution < -0.4 is 10.6 Å². The number of nitrogens with zero attached hydrogens (tertiary/aromatic N) is 1. The Hall–Kier alpha value is -3.79. The topological polar surface area (TPSA) is 87.7 Å². The highest BCUT2D eigenvalue weighted by Gasteiger charge is 2.36. The summed E-state index contributed by atoms with van der Waals surface area (Å²) < 4.78 is 5.26. The van der Waals surface area contributed by atoms with Gasteiger partial charge >= 0.3 is 6.09 Å². The van der Waals surface area contributed by atoms with Crippen molar-refractivity contribution >= 4 is 23.6 Å². The summed E-state index contributed by atoms with van der Waals surface area (Å²) in [5.74, 6) is -1.06. The lowest BCUT2D eigenvalue weighted by Crippen LogP contribution is -2.49. The van der Waals surface area contributed by atoms with Gasteiger partial charge in [0.05, 0.1) is 0 Å². The number of para-hydroxylation sites is 1. The molecule has 0 bridgehead atoms. The van der Waals surface area contributed by atoms with E-state index in [1.54, 1.807) is 20.8 Å². The van der Waals surface area contributed by atoms with Gasteiger partial charge in [-0.15, -0.1) is 0 Å². The van der Waals surface area contributed by atoms with Crippen LogP contribution in [-0.2, 0) is 14.3 Å². The van der Waals surface area contributed by atoms with E-state index in [1.165, 1.54) is 6.92 Å². The molecule has 0 aliphatic carbocycles. The number of anilines is 1. The number of benzene rings is 2. The van der Waals surface area contributed by atoms with Crippen molar-refractivity contribution in [3.8, 4) is 12.5 Å². The van der Waals surface area contributed by atoms with E-state index in [1.807, 2.05) is 64.1 Å². The van der Waals surface area contributed by atoms with Crippen molar-refractivity contribution in [2.24, 2.45) is 0 Å². The Morgan fingerprint density at radius 1 is 0.943 bits per heavy atom. The van der Waals surface area contributed by atoms with Crippen LogP contribution in [0.1, 0.15) is 61.6 Å². The van der Waals surface area contributed by atoms with Gasteiger partial charge in [-0.25, -0.2) is 4.79 Å². The molecule has 35 heavy (non-hydrogen) atoms. The largest absolute Gasteiger partial charge is 0.444 e. The second kappa shape index (κ2) is 11.1. The third-order valence-electron chi connectivity index (χ3n) is 5.53. The molecule has 7 nitrogen and oxygen atoms in total. The van der Waals surface area contributed by atoms with Gasteiger partial charge in [0.1, 0.15) is 17.7 Å². The van der Waals surface area contributed by atoms with Gasteiger partial charge in [-0.3, -0.25) is 14.5 Å². The molecule has 0 radical (unpaired) electrons. The molecule has 7 heteroatoms. The van der Waals surface area contributed by atoms with Crippen LogP contribution in [0.3, 0.4) is 0 Å². The van der Waals surface area contributed by atoms with Crippen LogP contribution >= 0.6 is 0 Å². The summed E-state index contributed by atoms with van der Waals surface area (Å²) >= 11 is 0. The Kier molecular flexibility index (Phi) is 8.70. The molecule has 2 aromatic carbocycles. The second-order valence-corrected chi connectivity index (χ2v) is 9.67. The molecule has 2 rings (SSSR count). The summed E-state index contributed by atoms with van der Waals surface area (Å²) in [4.78, 5) is 40.5. The number of ether oxygens (including phenoxy) is 1. The number of hydrogen-bond donors (Lipinski definition) is 2. The number of aryl methyl sites for hydroxylation is 4. The zero-order valence-electron chi connectivity index (χ0n) is 21.8. The van der Waals surface area contributed by atoms with Gasteiger partial charge in [0.15, 0.2) is 0 Å². The number of carbonyl (C=O) groups is 3. The smallest absolute Gasteiger partial charge is 0.408 e. The van der Waals surface area contributed by atoms with Gasteiger partial charge in [-0.1, -0.05) is 42.8 Å². The molecule has 2 atom stereocenters. The molecule has 0 aliphatic rings. The summed E-state index contributed by atoms with van der Waals surface area (Å²) in [5, 5.41) is 5.49. The lowest BCUT2D eigenvalue weighted by molar-refractivity contribution is -0.136. The minimum atomic E-state index is -1.12. The van der Waals surface area contributed by atoms with Crippen molar-refractivity contribution < 1.29 is 19.1 Å². The normalized spacial score (nSPS) is 12.7. The van der Waals surface area contributed by atoms with Crippen LogP contribution in [0.25, 0.3) is 0 Å². The number of hydrogen-bond acceptors (Lipinski definition) is 4. The lowest BCUT2D eigenvalue weighted by Gasteiger charge is -2.31. The minimum absolute atomic E-state index is 0.449. The first-order chi connectivity index (χ1) is 16.3. The highest BCUT2D eigenvalue weighted by molar-refractivity contribution is 6.00.